The second kappa shape index (κ2) is 12.6. The van der Waals surface area contributed by atoms with Crippen molar-refractivity contribution in [1.29, 1.82) is 0 Å². The largest absolute Gasteiger partial charge is 0.486 e. The van der Waals surface area contributed by atoms with Gasteiger partial charge in [0.25, 0.3) is 15.9 Å². The molecule has 2 aromatic carbocycles. The molecule has 3 aromatic rings. The average Bonchev–Trinajstić information content (AvgIpc) is 3.26. The number of aliphatic hydroxyl groups is 1. The fourth-order valence-electron chi connectivity index (χ4n) is 4.92. The number of likely N-dealkylation sites (N-methyl/N-ethyl adjacent to an activating group) is 1. The van der Waals surface area contributed by atoms with Crippen LogP contribution >= 0.6 is 23.2 Å². The number of amides is 1. The molecular formula is C28H34Cl2N4O6S. The number of aryl methyl sites for hydroxylation is 2. The summed E-state index contributed by atoms with van der Waals surface area (Å²) in [7, 11) is -2.19. The van der Waals surface area contributed by atoms with Crippen LogP contribution in [0.2, 0.25) is 10.0 Å². The standard InChI is InChI=1S/C28H34Cl2N4O6S/c1-16-12-34(17(2)15-35)28(36)21-7-6-8-24(32-41(37,38)27-18(3)31-40-19(27)4)26(21)39-25(16)14-33(5)13-20-9-10-22(29)23(30)11-20/h6-11,16-17,25,32,35H,12-15H2,1-5H3/t16-,17-,25-/m1/s1. The highest BCUT2D eigenvalue weighted by molar-refractivity contribution is 7.92. The molecule has 0 aliphatic carbocycles. The van der Waals surface area contributed by atoms with E-state index in [1.54, 1.807) is 36.1 Å². The number of hydrogen-bond donors (Lipinski definition) is 2. The molecule has 0 saturated carbocycles. The molecule has 2 heterocycles. The van der Waals surface area contributed by atoms with E-state index >= 15 is 0 Å². The molecule has 1 aliphatic rings. The zero-order valence-corrected chi connectivity index (χ0v) is 25.8. The number of carbonyl (C=O) groups is 1. The molecule has 0 saturated heterocycles. The number of aliphatic hydroxyl groups excluding tert-OH is 1. The van der Waals surface area contributed by atoms with Crippen molar-refractivity contribution in [1.82, 2.24) is 15.0 Å². The van der Waals surface area contributed by atoms with Crippen LogP contribution in [-0.4, -0.2) is 73.3 Å². The molecule has 0 radical (unpaired) electrons. The number of sulfonamides is 1. The maximum absolute atomic E-state index is 13.7. The van der Waals surface area contributed by atoms with Gasteiger partial charge in [0.15, 0.2) is 16.4 Å². The van der Waals surface area contributed by atoms with Gasteiger partial charge in [-0.3, -0.25) is 14.4 Å². The van der Waals surface area contributed by atoms with Gasteiger partial charge in [-0.25, -0.2) is 8.42 Å². The quantitative estimate of drug-likeness (QED) is 0.349. The number of halogens is 2. The summed E-state index contributed by atoms with van der Waals surface area (Å²) in [5.74, 6) is -0.286. The molecule has 1 aliphatic heterocycles. The highest BCUT2D eigenvalue weighted by atomic mass is 35.5. The number of anilines is 1. The average molecular weight is 626 g/mol. The van der Waals surface area contributed by atoms with Crippen LogP contribution in [0.5, 0.6) is 5.75 Å². The lowest BCUT2D eigenvalue weighted by molar-refractivity contribution is 0.0344. The Kier molecular flexibility index (Phi) is 9.55. The lowest BCUT2D eigenvalue weighted by Gasteiger charge is -2.38. The first-order valence-electron chi connectivity index (χ1n) is 13.1. The molecule has 2 N–H and O–H groups in total. The molecule has 3 atom stereocenters. The minimum Gasteiger partial charge on any atom is -0.486 e. The third-order valence-corrected chi connectivity index (χ3v) is 9.45. The van der Waals surface area contributed by atoms with E-state index in [-0.39, 0.29) is 51.8 Å². The Labute approximate surface area is 250 Å². The molecule has 0 spiro atoms. The maximum atomic E-state index is 13.7. The molecule has 1 aromatic heterocycles. The van der Waals surface area contributed by atoms with Crippen molar-refractivity contribution in [3.8, 4) is 5.75 Å². The first-order chi connectivity index (χ1) is 19.3. The summed E-state index contributed by atoms with van der Waals surface area (Å²) < 4.78 is 41.0. The molecule has 0 fully saturated rings. The van der Waals surface area contributed by atoms with E-state index in [4.69, 9.17) is 32.5 Å². The number of nitrogens with one attached hydrogen (secondary N) is 1. The number of para-hydroxylation sites is 1. The highest BCUT2D eigenvalue weighted by Crippen LogP contribution is 2.37. The summed E-state index contributed by atoms with van der Waals surface area (Å²) in [5.41, 5.74) is 1.47. The zero-order valence-electron chi connectivity index (χ0n) is 23.5. The maximum Gasteiger partial charge on any atom is 0.267 e. The van der Waals surface area contributed by atoms with Gasteiger partial charge in [0.2, 0.25) is 0 Å². The lowest BCUT2D eigenvalue weighted by atomic mass is 9.99. The van der Waals surface area contributed by atoms with Crippen LogP contribution < -0.4 is 9.46 Å². The molecular weight excluding hydrogens is 591 g/mol. The van der Waals surface area contributed by atoms with Crippen molar-refractivity contribution in [3.05, 3.63) is 69.0 Å². The third-order valence-electron chi connectivity index (χ3n) is 7.10. The summed E-state index contributed by atoms with van der Waals surface area (Å²) >= 11 is 12.3. The number of hydrogen-bond acceptors (Lipinski definition) is 8. The minimum absolute atomic E-state index is 0.0749. The Morgan fingerprint density at radius 2 is 1.95 bits per heavy atom. The summed E-state index contributed by atoms with van der Waals surface area (Å²) in [6, 6.07) is 9.71. The van der Waals surface area contributed by atoms with Gasteiger partial charge in [0, 0.05) is 25.6 Å². The Bertz CT molecular complexity index is 1510. The van der Waals surface area contributed by atoms with E-state index in [0.717, 1.165) is 5.56 Å². The topological polar surface area (TPSA) is 125 Å². The Morgan fingerprint density at radius 3 is 2.59 bits per heavy atom. The van der Waals surface area contributed by atoms with Crippen molar-refractivity contribution in [3.63, 3.8) is 0 Å². The molecule has 0 bridgehead atoms. The van der Waals surface area contributed by atoms with Crippen LogP contribution in [0.15, 0.2) is 45.8 Å². The number of benzene rings is 2. The van der Waals surface area contributed by atoms with Gasteiger partial charge in [-0.2, -0.15) is 0 Å². The second-order valence-electron chi connectivity index (χ2n) is 10.5. The normalized spacial score (nSPS) is 18.5. The molecule has 4 rings (SSSR count). The first-order valence-corrected chi connectivity index (χ1v) is 15.4. The van der Waals surface area contributed by atoms with Crippen molar-refractivity contribution in [2.45, 2.75) is 51.3 Å². The molecule has 13 heteroatoms. The van der Waals surface area contributed by atoms with Crippen molar-refractivity contribution < 1.29 is 27.6 Å². The SMILES string of the molecule is Cc1noc(C)c1S(=O)(=O)Nc1cccc2c1O[C@H](CN(C)Cc1ccc(Cl)c(Cl)c1)[C@H](C)CN([C@H](C)CO)C2=O. The number of carbonyl (C=O) groups excluding carboxylic acids is 1. The number of rotatable bonds is 9. The van der Waals surface area contributed by atoms with E-state index in [9.17, 15) is 18.3 Å². The fraction of sp³-hybridized carbons (Fsp3) is 0.429. The smallest absolute Gasteiger partial charge is 0.267 e. The van der Waals surface area contributed by atoms with Gasteiger partial charge < -0.3 is 19.3 Å². The van der Waals surface area contributed by atoms with Crippen molar-refractivity contribution >= 4 is 44.8 Å². The van der Waals surface area contributed by atoms with Gasteiger partial charge in [-0.05, 0) is 57.6 Å². The second-order valence-corrected chi connectivity index (χ2v) is 12.9. The molecule has 1 amide bonds. The number of ether oxygens (including phenoxy) is 1. The van der Waals surface area contributed by atoms with Gasteiger partial charge in [0.1, 0.15) is 11.8 Å². The van der Waals surface area contributed by atoms with Crippen LogP contribution in [0.25, 0.3) is 0 Å². The van der Waals surface area contributed by atoms with E-state index in [1.807, 2.05) is 26.1 Å². The Hall–Kier alpha value is -2.83. The van der Waals surface area contributed by atoms with Gasteiger partial charge in [-0.1, -0.05) is 47.4 Å². The van der Waals surface area contributed by atoms with Crippen LogP contribution in [0, 0.1) is 19.8 Å². The molecule has 41 heavy (non-hydrogen) atoms. The monoisotopic (exact) mass is 624 g/mol. The van der Waals surface area contributed by atoms with Gasteiger partial charge >= 0.3 is 0 Å². The Morgan fingerprint density at radius 1 is 1.22 bits per heavy atom. The summed E-state index contributed by atoms with van der Waals surface area (Å²) in [5, 5.41) is 14.6. The van der Waals surface area contributed by atoms with Crippen molar-refractivity contribution in [2.75, 3.05) is 31.5 Å². The van der Waals surface area contributed by atoms with Crippen LogP contribution in [0.3, 0.4) is 0 Å². The van der Waals surface area contributed by atoms with Gasteiger partial charge in [0.05, 0.1) is 33.9 Å². The van der Waals surface area contributed by atoms with E-state index in [0.29, 0.717) is 29.7 Å². The van der Waals surface area contributed by atoms with Gasteiger partial charge in [-0.15, -0.1) is 0 Å². The predicted octanol–water partition coefficient (Wildman–Crippen LogP) is 4.75. The zero-order chi connectivity index (χ0) is 30.1. The minimum atomic E-state index is -4.13. The summed E-state index contributed by atoms with van der Waals surface area (Å²) in [4.78, 5) is 17.3. The number of aromatic nitrogens is 1. The molecule has 10 nitrogen and oxygen atoms in total. The van der Waals surface area contributed by atoms with E-state index in [2.05, 4.69) is 14.8 Å². The van der Waals surface area contributed by atoms with E-state index in [1.165, 1.54) is 13.8 Å². The van der Waals surface area contributed by atoms with E-state index < -0.39 is 22.2 Å². The van der Waals surface area contributed by atoms with Crippen LogP contribution in [-0.2, 0) is 16.6 Å². The fourth-order valence-corrected chi connectivity index (χ4v) is 6.63. The number of nitrogens with zero attached hydrogens (tertiary/aromatic N) is 3. The molecule has 222 valence electrons. The lowest BCUT2D eigenvalue weighted by Crippen LogP contribution is -2.49. The van der Waals surface area contributed by atoms with Crippen LogP contribution in [0.1, 0.15) is 41.2 Å². The number of fused-ring (bicyclic) bond motifs is 1. The Balaban J connectivity index is 1.72. The highest BCUT2D eigenvalue weighted by Gasteiger charge is 2.35. The summed E-state index contributed by atoms with van der Waals surface area (Å²) in [6.45, 7) is 7.88. The third kappa shape index (κ3) is 6.81. The van der Waals surface area contributed by atoms with Crippen LogP contribution in [0.4, 0.5) is 5.69 Å². The molecule has 0 unspecified atom stereocenters. The first kappa shape index (κ1) is 31.1. The van der Waals surface area contributed by atoms with Crippen molar-refractivity contribution in [2.24, 2.45) is 5.92 Å². The predicted molar refractivity (Wildman–Crippen MR) is 157 cm³/mol. The summed E-state index contributed by atoms with van der Waals surface area (Å²) in [6.07, 6.45) is -0.451.